The molecular weight excluding hydrogens is 376 g/mol. The second-order valence-corrected chi connectivity index (χ2v) is 7.12. The first-order chi connectivity index (χ1) is 14.7. The van der Waals surface area contributed by atoms with Gasteiger partial charge >= 0.3 is 0 Å². The summed E-state index contributed by atoms with van der Waals surface area (Å²) in [7, 11) is 0. The average Bonchev–Trinajstić information content (AvgIpc) is 2.81. The van der Waals surface area contributed by atoms with Crippen LogP contribution in [0.3, 0.4) is 0 Å². The zero-order valence-corrected chi connectivity index (χ0v) is 16.5. The van der Waals surface area contributed by atoms with E-state index in [9.17, 15) is 10.1 Å². The molecule has 0 bridgehead atoms. The lowest BCUT2D eigenvalue weighted by molar-refractivity contribution is 0.102. The Labute approximate surface area is 175 Å². The Balaban J connectivity index is 1.43. The molecule has 0 unspecified atom stereocenters. The van der Waals surface area contributed by atoms with Crippen LogP contribution < -0.4 is 15.5 Å². The van der Waals surface area contributed by atoms with Gasteiger partial charge in [0.05, 0.1) is 11.3 Å². The summed E-state index contributed by atoms with van der Waals surface area (Å²) in [5.41, 5.74) is 3.25. The van der Waals surface area contributed by atoms with Crippen LogP contribution in [0.5, 0.6) is 0 Å². The number of anilines is 4. The number of benzene rings is 2. The fourth-order valence-corrected chi connectivity index (χ4v) is 3.48. The van der Waals surface area contributed by atoms with Crippen molar-refractivity contribution < 1.29 is 4.79 Å². The number of piperidine rings is 1. The van der Waals surface area contributed by atoms with Crippen molar-refractivity contribution in [3.05, 3.63) is 72.2 Å². The van der Waals surface area contributed by atoms with E-state index in [0.29, 0.717) is 22.8 Å². The fraction of sp³-hybridized carbons (Fsp3) is 0.217. The maximum absolute atomic E-state index is 12.6. The van der Waals surface area contributed by atoms with Gasteiger partial charge in [-0.3, -0.25) is 4.79 Å². The number of hydrogen-bond donors (Lipinski definition) is 2. The summed E-state index contributed by atoms with van der Waals surface area (Å²) in [6.07, 6.45) is 5.07. The number of hydrogen-bond acceptors (Lipinski definition) is 6. The van der Waals surface area contributed by atoms with Crippen molar-refractivity contribution in [1.29, 1.82) is 5.26 Å². The Morgan fingerprint density at radius 1 is 1.00 bits per heavy atom. The monoisotopic (exact) mass is 398 g/mol. The molecule has 7 heteroatoms. The Morgan fingerprint density at radius 3 is 2.53 bits per heavy atom. The van der Waals surface area contributed by atoms with Gasteiger partial charge in [-0.15, -0.1) is 0 Å². The number of aromatic nitrogens is 2. The summed E-state index contributed by atoms with van der Waals surface area (Å²) >= 11 is 0. The Hall–Kier alpha value is -3.92. The van der Waals surface area contributed by atoms with Gasteiger partial charge in [-0.05, 0) is 55.7 Å². The number of nitrogens with zero attached hydrogens (tertiary/aromatic N) is 4. The van der Waals surface area contributed by atoms with Gasteiger partial charge < -0.3 is 15.5 Å². The normalized spacial score (nSPS) is 13.4. The highest BCUT2D eigenvalue weighted by Crippen LogP contribution is 2.22. The van der Waals surface area contributed by atoms with Crippen LogP contribution in [0.25, 0.3) is 0 Å². The first-order valence-electron chi connectivity index (χ1n) is 9.97. The van der Waals surface area contributed by atoms with E-state index in [2.05, 4.69) is 31.6 Å². The van der Waals surface area contributed by atoms with Gasteiger partial charge in [0.1, 0.15) is 23.9 Å². The van der Waals surface area contributed by atoms with Crippen molar-refractivity contribution in [3.8, 4) is 6.07 Å². The lowest BCUT2D eigenvalue weighted by atomic mass is 10.1. The number of nitriles is 1. The Morgan fingerprint density at radius 2 is 1.77 bits per heavy atom. The van der Waals surface area contributed by atoms with Crippen molar-refractivity contribution in [1.82, 2.24) is 9.97 Å². The van der Waals surface area contributed by atoms with Crippen LogP contribution in [0.2, 0.25) is 0 Å². The summed E-state index contributed by atoms with van der Waals surface area (Å²) in [4.78, 5) is 23.2. The molecule has 0 radical (unpaired) electrons. The van der Waals surface area contributed by atoms with E-state index in [-0.39, 0.29) is 11.6 Å². The van der Waals surface area contributed by atoms with Crippen LogP contribution in [0, 0.1) is 11.3 Å². The quantitative estimate of drug-likeness (QED) is 0.664. The summed E-state index contributed by atoms with van der Waals surface area (Å²) in [6, 6.07) is 18.7. The summed E-state index contributed by atoms with van der Waals surface area (Å²) in [6.45, 7) is 2.16. The second kappa shape index (κ2) is 9.05. The molecule has 2 heterocycles. The lowest BCUT2D eigenvalue weighted by Gasteiger charge is -2.28. The number of carbonyl (C=O) groups excluding carboxylic acids is 1. The van der Waals surface area contributed by atoms with Crippen LogP contribution in [0.15, 0.2) is 60.9 Å². The molecule has 7 nitrogen and oxygen atoms in total. The highest BCUT2D eigenvalue weighted by atomic mass is 16.1. The molecule has 0 spiro atoms. The smallest absolute Gasteiger partial charge is 0.274 e. The third kappa shape index (κ3) is 4.55. The standard InChI is InChI=1S/C23H22N6O/c24-15-17-6-2-3-7-20(17)28-22-14-21(25-16-26-22)23(30)27-18-8-10-19(11-9-18)29-12-4-1-5-13-29/h2-3,6-11,14,16H,1,4-5,12-13H2,(H,27,30)(H,25,26,28). The molecule has 4 rings (SSSR count). The predicted octanol–water partition coefficient (Wildman–Crippen LogP) is 4.33. The molecular formula is C23H22N6O. The van der Waals surface area contributed by atoms with Gasteiger partial charge in [-0.1, -0.05) is 12.1 Å². The molecule has 30 heavy (non-hydrogen) atoms. The minimum Gasteiger partial charge on any atom is -0.372 e. The van der Waals surface area contributed by atoms with Gasteiger partial charge in [-0.2, -0.15) is 5.26 Å². The highest BCUT2D eigenvalue weighted by molar-refractivity contribution is 6.03. The van der Waals surface area contributed by atoms with Crippen LogP contribution in [0.1, 0.15) is 35.3 Å². The molecule has 0 atom stereocenters. The third-order valence-corrected chi connectivity index (χ3v) is 5.06. The van der Waals surface area contributed by atoms with Gasteiger partial charge in [0, 0.05) is 30.5 Å². The molecule has 3 aromatic rings. The molecule has 0 aliphatic carbocycles. The van der Waals surface area contributed by atoms with Gasteiger partial charge in [0.25, 0.3) is 5.91 Å². The van der Waals surface area contributed by atoms with Gasteiger partial charge in [-0.25, -0.2) is 9.97 Å². The van der Waals surface area contributed by atoms with Gasteiger partial charge in [0.2, 0.25) is 0 Å². The minimum atomic E-state index is -0.320. The zero-order chi connectivity index (χ0) is 20.8. The number of rotatable bonds is 5. The van der Waals surface area contributed by atoms with E-state index in [1.807, 2.05) is 30.3 Å². The largest absolute Gasteiger partial charge is 0.372 e. The molecule has 1 aliphatic rings. The maximum atomic E-state index is 12.6. The van der Waals surface area contributed by atoms with Gasteiger partial charge in [0.15, 0.2) is 0 Å². The topological polar surface area (TPSA) is 93.9 Å². The molecule has 1 aromatic heterocycles. The molecule has 1 amide bonds. The van der Waals surface area contributed by atoms with E-state index in [4.69, 9.17) is 0 Å². The first-order valence-corrected chi connectivity index (χ1v) is 9.97. The van der Waals surface area contributed by atoms with Crippen molar-refractivity contribution in [2.24, 2.45) is 0 Å². The van der Waals surface area contributed by atoms with Crippen molar-refractivity contribution in [3.63, 3.8) is 0 Å². The third-order valence-electron chi connectivity index (χ3n) is 5.06. The minimum absolute atomic E-state index is 0.238. The van der Waals surface area contributed by atoms with E-state index in [1.54, 1.807) is 24.3 Å². The lowest BCUT2D eigenvalue weighted by Crippen LogP contribution is -2.29. The SMILES string of the molecule is N#Cc1ccccc1Nc1cc(C(=O)Nc2ccc(N3CCCCC3)cc2)ncn1. The highest BCUT2D eigenvalue weighted by Gasteiger charge is 2.13. The summed E-state index contributed by atoms with van der Waals surface area (Å²) in [5, 5.41) is 15.2. The first kappa shape index (κ1) is 19.4. The predicted molar refractivity (Wildman–Crippen MR) is 117 cm³/mol. The fourth-order valence-electron chi connectivity index (χ4n) is 3.48. The molecule has 1 saturated heterocycles. The number of carbonyl (C=O) groups is 1. The average molecular weight is 398 g/mol. The molecule has 1 fully saturated rings. The molecule has 1 aliphatic heterocycles. The van der Waals surface area contributed by atoms with E-state index in [1.165, 1.54) is 31.3 Å². The summed E-state index contributed by atoms with van der Waals surface area (Å²) < 4.78 is 0. The number of para-hydroxylation sites is 1. The van der Waals surface area contributed by atoms with Crippen LogP contribution in [0.4, 0.5) is 22.9 Å². The number of nitrogens with one attached hydrogen (secondary N) is 2. The van der Waals surface area contributed by atoms with Crippen molar-refractivity contribution in [2.45, 2.75) is 19.3 Å². The van der Waals surface area contributed by atoms with Crippen LogP contribution >= 0.6 is 0 Å². The summed E-state index contributed by atoms with van der Waals surface area (Å²) in [5.74, 6) is 0.123. The number of amides is 1. The Bertz CT molecular complexity index is 1070. The molecule has 150 valence electrons. The second-order valence-electron chi connectivity index (χ2n) is 7.12. The molecule has 0 saturated carbocycles. The Kier molecular flexibility index (Phi) is 5.85. The van der Waals surface area contributed by atoms with Crippen LogP contribution in [-0.2, 0) is 0 Å². The molecule has 2 N–H and O–H groups in total. The van der Waals surface area contributed by atoms with Crippen LogP contribution in [-0.4, -0.2) is 29.0 Å². The maximum Gasteiger partial charge on any atom is 0.274 e. The zero-order valence-electron chi connectivity index (χ0n) is 16.5. The molecule has 2 aromatic carbocycles. The van der Waals surface area contributed by atoms with E-state index >= 15 is 0 Å². The van der Waals surface area contributed by atoms with E-state index < -0.39 is 0 Å². The van der Waals surface area contributed by atoms with E-state index in [0.717, 1.165) is 13.1 Å². The van der Waals surface area contributed by atoms with Crippen molar-refractivity contribution >= 4 is 28.8 Å². The van der Waals surface area contributed by atoms with Crippen molar-refractivity contribution in [2.75, 3.05) is 28.6 Å².